The molecule has 2 amide bonds. The molecule has 0 radical (unpaired) electrons. The van der Waals surface area contributed by atoms with Gasteiger partial charge in [0, 0.05) is 22.9 Å². The molecule has 1 atom stereocenters. The minimum absolute atomic E-state index is 0.0647. The summed E-state index contributed by atoms with van der Waals surface area (Å²) in [6, 6.07) is 9.18. The van der Waals surface area contributed by atoms with Crippen molar-refractivity contribution in [1.29, 1.82) is 0 Å². The van der Waals surface area contributed by atoms with Crippen molar-refractivity contribution in [3.63, 3.8) is 0 Å². The molecule has 124 valence electrons. The zero-order valence-electron chi connectivity index (χ0n) is 12.8. The molecule has 8 heteroatoms. The first-order chi connectivity index (χ1) is 11.5. The molecule has 0 saturated heterocycles. The van der Waals surface area contributed by atoms with Gasteiger partial charge in [0.2, 0.25) is 0 Å². The first-order valence-electron chi connectivity index (χ1n) is 7.21. The van der Waals surface area contributed by atoms with Crippen LogP contribution in [0.25, 0.3) is 10.1 Å². The topological polar surface area (TPSA) is 104 Å². The van der Waals surface area contributed by atoms with Crippen LogP contribution in [0.4, 0.5) is 5.82 Å². The van der Waals surface area contributed by atoms with E-state index in [0.29, 0.717) is 5.76 Å². The van der Waals surface area contributed by atoms with Gasteiger partial charge in [-0.25, -0.2) is 0 Å². The molecular weight excluding hydrogens is 330 g/mol. The molecule has 0 aliphatic rings. The van der Waals surface area contributed by atoms with Gasteiger partial charge < -0.3 is 14.9 Å². The van der Waals surface area contributed by atoms with Crippen molar-refractivity contribution in [2.45, 2.75) is 13.0 Å². The lowest BCUT2D eigenvalue weighted by molar-refractivity contribution is -0.136. The van der Waals surface area contributed by atoms with Gasteiger partial charge in [0.1, 0.15) is 5.76 Å². The molecule has 1 unspecified atom stereocenters. The number of anilines is 1. The molecule has 0 fully saturated rings. The van der Waals surface area contributed by atoms with Gasteiger partial charge in [-0.05, 0) is 23.8 Å². The van der Waals surface area contributed by atoms with E-state index < -0.39 is 17.9 Å². The van der Waals surface area contributed by atoms with E-state index in [2.05, 4.69) is 15.8 Å². The highest BCUT2D eigenvalue weighted by Gasteiger charge is 2.18. The molecule has 24 heavy (non-hydrogen) atoms. The van der Waals surface area contributed by atoms with Gasteiger partial charge in [-0.15, -0.1) is 11.3 Å². The number of benzene rings is 1. The number of aliphatic hydroxyl groups is 1. The molecule has 7 nitrogen and oxygen atoms in total. The van der Waals surface area contributed by atoms with E-state index >= 15 is 0 Å². The van der Waals surface area contributed by atoms with Crippen LogP contribution in [0.3, 0.4) is 0 Å². The van der Waals surface area contributed by atoms with Crippen molar-refractivity contribution in [3.05, 3.63) is 47.0 Å². The van der Waals surface area contributed by atoms with E-state index in [-0.39, 0.29) is 12.4 Å². The molecule has 3 rings (SSSR count). The monoisotopic (exact) mass is 345 g/mol. The zero-order valence-corrected chi connectivity index (χ0v) is 13.6. The molecule has 0 aliphatic heterocycles. The fourth-order valence-corrected chi connectivity index (χ4v) is 3.24. The number of aryl methyl sites for hydroxylation is 1. The zero-order chi connectivity index (χ0) is 17.1. The Kier molecular flexibility index (Phi) is 4.59. The Balaban J connectivity index is 1.58. The third-order valence-electron chi connectivity index (χ3n) is 3.40. The number of nitrogens with one attached hydrogen (secondary N) is 2. The highest BCUT2D eigenvalue weighted by molar-refractivity contribution is 7.17. The lowest BCUT2D eigenvalue weighted by Gasteiger charge is -2.11. The maximum atomic E-state index is 11.8. The summed E-state index contributed by atoms with van der Waals surface area (Å²) < 4.78 is 5.85. The van der Waals surface area contributed by atoms with Crippen LogP contribution in [-0.2, 0) is 9.59 Å². The largest absolute Gasteiger partial charge is 0.387 e. The number of amides is 2. The summed E-state index contributed by atoms with van der Waals surface area (Å²) in [5, 5.41) is 21.3. The highest BCUT2D eigenvalue weighted by atomic mass is 32.1. The first kappa shape index (κ1) is 16.2. The maximum Gasteiger partial charge on any atom is 0.314 e. The van der Waals surface area contributed by atoms with E-state index in [0.717, 1.165) is 15.6 Å². The van der Waals surface area contributed by atoms with Crippen LogP contribution in [0.2, 0.25) is 0 Å². The Bertz CT molecular complexity index is 886. The minimum atomic E-state index is -0.896. The van der Waals surface area contributed by atoms with Crippen LogP contribution in [0.5, 0.6) is 0 Å². The van der Waals surface area contributed by atoms with Crippen molar-refractivity contribution in [2.75, 3.05) is 11.9 Å². The van der Waals surface area contributed by atoms with Crippen LogP contribution in [0, 0.1) is 6.92 Å². The number of thiophene rings is 1. The number of hydrogen-bond donors (Lipinski definition) is 3. The quantitative estimate of drug-likeness (QED) is 0.627. The molecule has 1 aromatic carbocycles. The summed E-state index contributed by atoms with van der Waals surface area (Å²) in [6.07, 6.45) is -0.896. The third kappa shape index (κ3) is 3.44. The van der Waals surface area contributed by atoms with Gasteiger partial charge in [-0.3, -0.25) is 14.9 Å². The van der Waals surface area contributed by atoms with Crippen LogP contribution in [0.1, 0.15) is 17.4 Å². The second-order valence-electron chi connectivity index (χ2n) is 5.19. The Morgan fingerprint density at radius 2 is 2.12 bits per heavy atom. The van der Waals surface area contributed by atoms with E-state index in [9.17, 15) is 14.7 Å². The second kappa shape index (κ2) is 6.81. The number of carbonyl (C=O) groups is 2. The lowest BCUT2D eigenvalue weighted by Crippen LogP contribution is -2.37. The lowest BCUT2D eigenvalue weighted by atomic mass is 10.1. The van der Waals surface area contributed by atoms with Gasteiger partial charge in [0.05, 0.1) is 6.10 Å². The van der Waals surface area contributed by atoms with Crippen LogP contribution < -0.4 is 10.6 Å². The second-order valence-corrected chi connectivity index (χ2v) is 6.10. The molecule has 2 aromatic heterocycles. The summed E-state index contributed by atoms with van der Waals surface area (Å²) in [6.45, 7) is 1.61. The van der Waals surface area contributed by atoms with Crippen molar-refractivity contribution >= 4 is 39.1 Å². The average molecular weight is 345 g/mol. The number of aliphatic hydroxyl groups excluding tert-OH is 1. The van der Waals surface area contributed by atoms with Crippen LogP contribution in [-0.4, -0.2) is 28.6 Å². The Hall–Kier alpha value is -2.71. The first-order valence-corrected chi connectivity index (χ1v) is 8.09. The van der Waals surface area contributed by atoms with Gasteiger partial charge in [-0.1, -0.05) is 23.4 Å². The molecule has 3 N–H and O–H groups in total. The van der Waals surface area contributed by atoms with E-state index in [4.69, 9.17) is 4.52 Å². The number of hydrogen-bond acceptors (Lipinski definition) is 6. The molecule has 0 aliphatic carbocycles. The molecule has 0 spiro atoms. The predicted molar refractivity (Wildman–Crippen MR) is 89.7 cm³/mol. The number of rotatable bonds is 4. The van der Waals surface area contributed by atoms with E-state index in [1.54, 1.807) is 6.92 Å². The molecule has 3 aromatic rings. The summed E-state index contributed by atoms with van der Waals surface area (Å²) in [7, 11) is 0. The van der Waals surface area contributed by atoms with Gasteiger partial charge in [0.25, 0.3) is 0 Å². The van der Waals surface area contributed by atoms with Gasteiger partial charge >= 0.3 is 11.8 Å². The van der Waals surface area contributed by atoms with Crippen molar-refractivity contribution < 1.29 is 19.2 Å². The fourth-order valence-electron chi connectivity index (χ4n) is 2.23. The minimum Gasteiger partial charge on any atom is -0.387 e. The number of nitrogens with zero attached hydrogens (tertiary/aromatic N) is 1. The van der Waals surface area contributed by atoms with E-state index in [1.165, 1.54) is 17.4 Å². The SMILES string of the molecule is Cc1cc(NC(=O)C(=O)NCC(O)c2csc3ccccc23)no1. The summed E-state index contributed by atoms with van der Waals surface area (Å²) in [5.41, 5.74) is 0.725. The molecule has 0 saturated carbocycles. The fraction of sp³-hybridized carbons (Fsp3) is 0.188. The third-order valence-corrected chi connectivity index (χ3v) is 4.38. The number of fused-ring (bicyclic) bond motifs is 1. The van der Waals surface area contributed by atoms with E-state index in [1.807, 2.05) is 29.6 Å². The molecule has 2 heterocycles. The maximum absolute atomic E-state index is 11.8. The average Bonchev–Trinajstić information content (AvgIpc) is 3.18. The van der Waals surface area contributed by atoms with Crippen LogP contribution >= 0.6 is 11.3 Å². The summed E-state index contributed by atoms with van der Waals surface area (Å²) in [5.74, 6) is -1.04. The predicted octanol–water partition coefficient (Wildman–Crippen LogP) is 1.99. The van der Waals surface area contributed by atoms with Crippen molar-refractivity contribution in [3.8, 4) is 0 Å². The normalized spacial score (nSPS) is 12.1. The highest BCUT2D eigenvalue weighted by Crippen LogP contribution is 2.29. The summed E-state index contributed by atoms with van der Waals surface area (Å²) in [4.78, 5) is 23.6. The summed E-state index contributed by atoms with van der Waals surface area (Å²) >= 11 is 1.52. The van der Waals surface area contributed by atoms with Crippen molar-refractivity contribution in [2.24, 2.45) is 0 Å². The van der Waals surface area contributed by atoms with Crippen molar-refractivity contribution in [1.82, 2.24) is 10.5 Å². The molecule has 0 bridgehead atoms. The van der Waals surface area contributed by atoms with Crippen LogP contribution in [0.15, 0.2) is 40.2 Å². The standard InChI is InChI=1S/C16H15N3O4S/c1-9-6-14(19-23-9)18-16(22)15(21)17-7-12(20)11-8-24-13-5-3-2-4-10(11)13/h2-6,8,12,20H,7H2,1H3,(H,17,21)(H,18,19,22). The van der Waals surface area contributed by atoms with Gasteiger partial charge in [0.15, 0.2) is 5.82 Å². The smallest absolute Gasteiger partial charge is 0.314 e. The molecular formula is C16H15N3O4S. The Morgan fingerprint density at radius 1 is 1.33 bits per heavy atom. The van der Waals surface area contributed by atoms with Gasteiger partial charge in [-0.2, -0.15) is 0 Å². The number of aromatic nitrogens is 1. The Morgan fingerprint density at radius 3 is 2.88 bits per heavy atom. The Labute approximate surface area is 141 Å². The number of carbonyl (C=O) groups excluding carboxylic acids is 2.